The molecule has 0 radical (unpaired) electrons. The van der Waals surface area contributed by atoms with Crippen LogP contribution < -0.4 is 5.32 Å². The molecule has 1 N–H and O–H groups in total. The SMILES string of the molecule is CCCN(Cc1ccccc1)C(=O)c1ccc(NC(=O)OC(C)(C)C)cc1. The summed E-state index contributed by atoms with van der Waals surface area (Å²) in [6, 6.07) is 16.8. The van der Waals surface area contributed by atoms with Crippen LogP contribution >= 0.6 is 0 Å². The van der Waals surface area contributed by atoms with Gasteiger partial charge in [0.1, 0.15) is 5.60 Å². The van der Waals surface area contributed by atoms with Crippen LogP contribution in [0.1, 0.15) is 50.0 Å². The molecule has 0 saturated heterocycles. The van der Waals surface area contributed by atoms with Gasteiger partial charge in [0.2, 0.25) is 0 Å². The van der Waals surface area contributed by atoms with E-state index in [1.54, 1.807) is 24.3 Å². The number of nitrogens with zero attached hydrogens (tertiary/aromatic N) is 1. The number of carbonyl (C=O) groups is 2. The first kappa shape index (κ1) is 20.5. The summed E-state index contributed by atoms with van der Waals surface area (Å²) in [5.41, 5.74) is 1.72. The zero-order chi connectivity index (χ0) is 19.9. The van der Waals surface area contributed by atoms with Crippen LogP contribution in [0.25, 0.3) is 0 Å². The molecule has 2 rings (SSSR count). The lowest BCUT2D eigenvalue weighted by molar-refractivity contribution is 0.0635. The lowest BCUT2D eigenvalue weighted by atomic mass is 10.1. The molecule has 0 atom stereocenters. The van der Waals surface area contributed by atoms with Gasteiger partial charge in [-0.25, -0.2) is 4.79 Å². The van der Waals surface area contributed by atoms with E-state index in [0.29, 0.717) is 24.3 Å². The predicted octanol–water partition coefficient (Wildman–Crippen LogP) is 5.09. The number of anilines is 1. The molecule has 0 bridgehead atoms. The minimum absolute atomic E-state index is 0.0236. The summed E-state index contributed by atoms with van der Waals surface area (Å²) in [5.74, 6) is -0.0236. The molecule has 0 fully saturated rings. The summed E-state index contributed by atoms with van der Waals surface area (Å²) in [6.07, 6.45) is 0.370. The lowest BCUT2D eigenvalue weighted by Gasteiger charge is -2.22. The van der Waals surface area contributed by atoms with Gasteiger partial charge in [-0.15, -0.1) is 0 Å². The van der Waals surface area contributed by atoms with Crippen molar-refractivity contribution >= 4 is 17.7 Å². The second-order valence-corrected chi connectivity index (χ2v) is 7.42. The van der Waals surface area contributed by atoms with Crippen molar-refractivity contribution in [3.8, 4) is 0 Å². The fourth-order valence-corrected chi connectivity index (χ4v) is 2.63. The molecule has 0 aliphatic heterocycles. The van der Waals surface area contributed by atoms with E-state index in [-0.39, 0.29) is 5.91 Å². The molecule has 5 nitrogen and oxygen atoms in total. The average Bonchev–Trinajstić information content (AvgIpc) is 2.60. The highest BCUT2D eigenvalue weighted by atomic mass is 16.6. The van der Waals surface area contributed by atoms with Crippen molar-refractivity contribution in [2.45, 2.75) is 46.3 Å². The second-order valence-electron chi connectivity index (χ2n) is 7.42. The van der Waals surface area contributed by atoms with Gasteiger partial charge in [0.05, 0.1) is 0 Å². The number of nitrogens with one attached hydrogen (secondary N) is 1. The Hall–Kier alpha value is -2.82. The Kier molecular flexibility index (Phi) is 6.99. The van der Waals surface area contributed by atoms with Crippen molar-refractivity contribution in [1.29, 1.82) is 0 Å². The molecule has 0 unspecified atom stereocenters. The van der Waals surface area contributed by atoms with Crippen molar-refractivity contribution in [3.05, 3.63) is 65.7 Å². The number of benzene rings is 2. The van der Waals surface area contributed by atoms with Gasteiger partial charge >= 0.3 is 6.09 Å². The number of amides is 2. The summed E-state index contributed by atoms with van der Waals surface area (Å²) >= 11 is 0. The Morgan fingerprint density at radius 3 is 2.19 bits per heavy atom. The van der Waals surface area contributed by atoms with Crippen molar-refractivity contribution in [3.63, 3.8) is 0 Å². The van der Waals surface area contributed by atoms with Crippen LogP contribution in [0, 0.1) is 0 Å². The molecule has 144 valence electrons. The van der Waals surface area contributed by atoms with Gasteiger partial charge in [-0.05, 0) is 57.0 Å². The van der Waals surface area contributed by atoms with E-state index >= 15 is 0 Å². The van der Waals surface area contributed by atoms with Crippen LogP contribution in [0.4, 0.5) is 10.5 Å². The fraction of sp³-hybridized carbons (Fsp3) is 0.364. The maximum atomic E-state index is 12.9. The highest BCUT2D eigenvalue weighted by molar-refractivity contribution is 5.95. The monoisotopic (exact) mass is 368 g/mol. The van der Waals surface area contributed by atoms with Gasteiger partial charge in [-0.2, -0.15) is 0 Å². The first-order valence-corrected chi connectivity index (χ1v) is 9.22. The van der Waals surface area contributed by atoms with Crippen LogP contribution in [-0.4, -0.2) is 29.0 Å². The molecule has 27 heavy (non-hydrogen) atoms. The smallest absolute Gasteiger partial charge is 0.412 e. The van der Waals surface area contributed by atoms with Gasteiger partial charge in [0.25, 0.3) is 5.91 Å². The Morgan fingerprint density at radius 1 is 1.00 bits per heavy atom. The van der Waals surface area contributed by atoms with Gasteiger partial charge < -0.3 is 9.64 Å². The normalized spacial score (nSPS) is 11.0. The Balaban J connectivity index is 2.05. The zero-order valence-corrected chi connectivity index (χ0v) is 16.5. The van der Waals surface area contributed by atoms with Crippen molar-refractivity contribution in [2.75, 3.05) is 11.9 Å². The first-order chi connectivity index (χ1) is 12.8. The Bertz CT molecular complexity index is 749. The first-order valence-electron chi connectivity index (χ1n) is 9.22. The van der Waals surface area contributed by atoms with E-state index in [1.165, 1.54) is 0 Å². The molecule has 0 spiro atoms. The average molecular weight is 368 g/mol. The maximum Gasteiger partial charge on any atom is 0.412 e. The molecule has 0 aliphatic rings. The number of rotatable bonds is 6. The van der Waals surface area contributed by atoms with E-state index in [2.05, 4.69) is 12.2 Å². The van der Waals surface area contributed by atoms with Gasteiger partial charge in [-0.1, -0.05) is 37.3 Å². The number of carbonyl (C=O) groups excluding carboxylic acids is 2. The molecule has 0 aliphatic carbocycles. The van der Waals surface area contributed by atoms with Crippen LogP contribution in [0.15, 0.2) is 54.6 Å². The predicted molar refractivity (Wildman–Crippen MR) is 108 cm³/mol. The number of hydrogen-bond donors (Lipinski definition) is 1. The van der Waals surface area contributed by atoms with Crippen molar-refractivity contribution < 1.29 is 14.3 Å². The number of ether oxygens (including phenoxy) is 1. The minimum atomic E-state index is -0.557. The lowest BCUT2D eigenvalue weighted by Crippen LogP contribution is -2.31. The molecular weight excluding hydrogens is 340 g/mol. The molecular formula is C22H28N2O3. The third-order valence-corrected chi connectivity index (χ3v) is 3.77. The number of hydrogen-bond acceptors (Lipinski definition) is 3. The molecule has 0 saturated carbocycles. The topological polar surface area (TPSA) is 58.6 Å². The Morgan fingerprint density at radius 2 is 1.63 bits per heavy atom. The highest BCUT2D eigenvalue weighted by Crippen LogP contribution is 2.16. The third kappa shape index (κ3) is 6.77. The highest BCUT2D eigenvalue weighted by Gasteiger charge is 2.18. The Labute approximate surface area is 161 Å². The summed E-state index contributed by atoms with van der Waals surface area (Å²) < 4.78 is 5.23. The van der Waals surface area contributed by atoms with E-state index in [4.69, 9.17) is 4.74 Å². The largest absolute Gasteiger partial charge is 0.444 e. The summed E-state index contributed by atoms with van der Waals surface area (Å²) in [5, 5.41) is 2.67. The summed E-state index contributed by atoms with van der Waals surface area (Å²) in [4.78, 5) is 26.5. The second kappa shape index (κ2) is 9.21. The van der Waals surface area contributed by atoms with E-state index in [9.17, 15) is 9.59 Å². The van der Waals surface area contributed by atoms with Crippen LogP contribution in [0.2, 0.25) is 0 Å². The molecule has 2 aromatic rings. The quantitative estimate of drug-likeness (QED) is 0.773. The standard InChI is InChI=1S/C22H28N2O3/c1-5-15-24(16-17-9-7-6-8-10-17)20(25)18-11-13-19(14-12-18)23-21(26)27-22(2,3)4/h6-14H,5,15-16H2,1-4H3,(H,23,26). The molecule has 0 aromatic heterocycles. The molecule has 0 heterocycles. The van der Waals surface area contributed by atoms with Crippen LogP contribution in [0.3, 0.4) is 0 Å². The molecule has 2 amide bonds. The van der Waals surface area contributed by atoms with E-state index in [1.807, 2.05) is 56.0 Å². The van der Waals surface area contributed by atoms with Gasteiger partial charge in [0.15, 0.2) is 0 Å². The third-order valence-electron chi connectivity index (χ3n) is 3.77. The van der Waals surface area contributed by atoms with Crippen molar-refractivity contribution in [1.82, 2.24) is 4.90 Å². The maximum absolute atomic E-state index is 12.9. The minimum Gasteiger partial charge on any atom is -0.444 e. The van der Waals surface area contributed by atoms with E-state index in [0.717, 1.165) is 12.0 Å². The van der Waals surface area contributed by atoms with Crippen LogP contribution in [0.5, 0.6) is 0 Å². The molecule has 2 aromatic carbocycles. The van der Waals surface area contributed by atoms with Crippen molar-refractivity contribution in [2.24, 2.45) is 0 Å². The van der Waals surface area contributed by atoms with Crippen LogP contribution in [-0.2, 0) is 11.3 Å². The summed E-state index contributed by atoms with van der Waals surface area (Å²) in [7, 11) is 0. The molecule has 5 heteroatoms. The fourth-order valence-electron chi connectivity index (χ4n) is 2.63. The van der Waals surface area contributed by atoms with E-state index < -0.39 is 11.7 Å². The van der Waals surface area contributed by atoms with Gasteiger partial charge in [-0.3, -0.25) is 10.1 Å². The summed E-state index contributed by atoms with van der Waals surface area (Å²) in [6.45, 7) is 8.74. The van der Waals surface area contributed by atoms with Gasteiger partial charge in [0, 0.05) is 24.3 Å². The zero-order valence-electron chi connectivity index (χ0n) is 16.5.